The van der Waals surface area contributed by atoms with E-state index in [-0.39, 0.29) is 20.7 Å². The van der Waals surface area contributed by atoms with E-state index in [2.05, 4.69) is 0 Å². The third kappa shape index (κ3) is 3.44. The van der Waals surface area contributed by atoms with Crippen molar-refractivity contribution in [2.45, 2.75) is 10.6 Å². The molecule has 3 aromatic rings. The molecule has 1 N–H and O–H groups in total. The van der Waals surface area contributed by atoms with E-state index in [0.29, 0.717) is 4.88 Å². The van der Waals surface area contributed by atoms with Gasteiger partial charge >= 0.3 is 0 Å². The SMILES string of the molecule is O=S(=O)(Cc1sccc1-c1ccccc1)c1cc(Cl)cc(Cl)c1O. The van der Waals surface area contributed by atoms with Gasteiger partial charge in [-0.3, -0.25) is 0 Å². The third-order valence-corrected chi connectivity index (χ3v) is 6.74. The lowest BCUT2D eigenvalue weighted by Crippen LogP contribution is -2.05. The van der Waals surface area contributed by atoms with Gasteiger partial charge in [-0.15, -0.1) is 11.3 Å². The zero-order valence-electron chi connectivity index (χ0n) is 12.2. The molecular formula is C17H12Cl2O3S2. The minimum atomic E-state index is -3.80. The predicted octanol–water partition coefficient (Wildman–Crippen LogP) is 5.40. The topological polar surface area (TPSA) is 54.4 Å². The average Bonchev–Trinajstić information content (AvgIpc) is 2.99. The van der Waals surface area contributed by atoms with Crippen molar-refractivity contribution in [2.24, 2.45) is 0 Å². The lowest BCUT2D eigenvalue weighted by atomic mass is 10.1. The first-order valence-corrected chi connectivity index (χ1v) is 10.2. The lowest BCUT2D eigenvalue weighted by Gasteiger charge is -2.09. The van der Waals surface area contributed by atoms with Crippen LogP contribution in [0, 0.1) is 0 Å². The van der Waals surface area contributed by atoms with Gasteiger partial charge in [-0.2, -0.15) is 0 Å². The number of phenolic OH excluding ortho intramolecular Hbond substituents is 1. The van der Waals surface area contributed by atoms with Crippen molar-refractivity contribution in [3.05, 3.63) is 68.8 Å². The summed E-state index contributed by atoms with van der Waals surface area (Å²) in [5.74, 6) is -0.710. The van der Waals surface area contributed by atoms with Crippen molar-refractivity contribution in [2.75, 3.05) is 0 Å². The molecule has 124 valence electrons. The fourth-order valence-electron chi connectivity index (χ4n) is 2.36. The molecule has 3 rings (SSSR count). The Morgan fingerprint density at radius 1 is 1.04 bits per heavy atom. The molecule has 0 amide bonds. The molecule has 0 atom stereocenters. The largest absolute Gasteiger partial charge is 0.505 e. The first-order valence-electron chi connectivity index (χ1n) is 6.91. The molecule has 3 nitrogen and oxygen atoms in total. The molecule has 0 bridgehead atoms. The number of phenols is 1. The van der Waals surface area contributed by atoms with Gasteiger partial charge in [0.25, 0.3) is 0 Å². The second-order valence-corrected chi connectivity index (χ2v) is 8.92. The molecule has 0 aliphatic heterocycles. The van der Waals surface area contributed by atoms with Gasteiger partial charge in [0.2, 0.25) is 0 Å². The van der Waals surface area contributed by atoms with Crippen LogP contribution >= 0.6 is 34.5 Å². The van der Waals surface area contributed by atoms with Gasteiger partial charge in [0.15, 0.2) is 15.6 Å². The van der Waals surface area contributed by atoms with Crippen molar-refractivity contribution in [1.29, 1.82) is 0 Å². The molecule has 7 heteroatoms. The monoisotopic (exact) mass is 398 g/mol. The van der Waals surface area contributed by atoms with Gasteiger partial charge in [-0.1, -0.05) is 53.5 Å². The predicted molar refractivity (Wildman–Crippen MR) is 98.8 cm³/mol. The molecule has 0 fully saturated rings. The van der Waals surface area contributed by atoms with Crippen LogP contribution in [0.3, 0.4) is 0 Å². The van der Waals surface area contributed by atoms with Crippen LogP contribution in [-0.4, -0.2) is 13.5 Å². The smallest absolute Gasteiger partial charge is 0.187 e. The molecule has 0 unspecified atom stereocenters. The van der Waals surface area contributed by atoms with Gasteiger partial charge in [0.05, 0.1) is 10.8 Å². The van der Waals surface area contributed by atoms with Crippen molar-refractivity contribution in [3.63, 3.8) is 0 Å². The summed E-state index contributed by atoms with van der Waals surface area (Å²) < 4.78 is 25.5. The highest BCUT2D eigenvalue weighted by Crippen LogP contribution is 2.37. The molecule has 0 spiro atoms. The fourth-order valence-corrected chi connectivity index (χ4v) is 5.76. The second kappa shape index (κ2) is 6.76. The van der Waals surface area contributed by atoms with Gasteiger partial charge in [0, 0.05) is 9.90 Å². The number of halogens is 2. The zero-order chi connectivity index (χ0) is 17.3. The number of hydrogen-bond donors (Lipinski definition) is 1. The second-order valence-electron chi connectivity index (χ2n) is 5.12. The summed E-state index contributed by atoms with van der Waals surface area (Å²) in [5, 5.41) is 11.9. The summed E-state index contributed by atoms with van der Waals surface area (Å²) in [6, 6.07) is 13.9. The molecule has 0 aliphatic carbocycles. The van der Waals surface area contributed by atoms with Crippen LogP contribution in [0.4, 0.5) is 0 Å². The number of hydrogen-bond acceptors (Lipinski definition) is 4. The molecule has 0 radical (unpaired) electrons. The highest BCUT2D eigenvalue weighted by Gasteiger charge is 2.24. The van der Waals surface area contributed by atoms with E-state index in [4.69, 9.17) is 23.2 Å². The van der Waals surface area contributed by atoms with Crippen LogP contribution < -0.4 is 0 Å². The van der Waals surface area contributed by atoms with Crippen molar-refractivity contribution >= 4 is 44.4 Å². The maximum absolute atomic E-state index is 12.7. The molecule has 0 aliphatic rings. The Kier molecular flexibility index (Phi) is 4.88. The van der Waals surface area contributed by atoms with Crippen LogP contribution in [-0.2, 0) is 15.6 Å². The number of rotatable bonds is 4. The molecule has 2 aromatic carbocycles. The van der Waals surface area contributed by atoms with E-state index in [1.165, 1.54) is 23.5 Å². The minimum Gasteiger partial charge on any atom is -0.505 e. The number of thiophene rings is 1. The van der Waals surface area contributed by atoms with Crippen LogP contribution in [0.5, 0.6) is 5.75 Å². The first kappa shape index (κ1) is 17.3. The van der Waals surface area contributed by atoms with Crippen molar-refractivity contribution in [3.8, 4) is 16.9 Å². The standard InChI is InChI=1S/C17H12Cl2O3S2/c18-12-8-14(19)17(20)16(9-12)24(21,22)10-15-13(6-7-23-15)11-4-2-1-3-5-11/h1-9,20H,10H2. The average molecular weight is 399 g/mol. The Balaban J connectivity index is 2.02. The number of aromatic hydroxyl groups is 1. The van der Waals surface area contributed by atoms with Gasteiger partial charge < -0.3 is 5.11 Å². The van der Waals surface area contributed by atoms with Crippen molar-refractivity contribution < 1.29 is 13.5 Å². The summed E-state index contributed by atoms with van der Waals surface area (Å²) in [6.07, 6.45) is 0. The van der Waals surface area contributed by atoms with Crippen LogP contribution in [0.1, 0.15) is 4.88 Å². The quantitative estimate of drug-likeness (QED) is 0.639. The van der Waals surface area contributed by atoms with E-state index >= 15 is 0 Å². The van der Waals surface area contributed by atoms with Crippen LogP contribution in [0.15, 0.2) is 58.8 Å². The minimum absolute atomic E-state index is 0.0875. The van der Waals surface area contributed by atoms with Gasteiger partial charge in [-0.25, -0.2) is 8.42 Å². The fraction of sp³-hybridized carbons (Fsp3) is 0.0588. The van der Waals surface area contributed by atoms with Gasteiger partial charge in [0.1, 0.15) is 4.90 Å². The molecule has 0 saturated heterocycles. The maximum Gasteiger partial charge on any atom is 0.187 e. The summed E-state index contributed by atoms with van der Waals surface area (Å²) in [5.41, 5.74) is 1.80. The number of benzene rings is 2. The molecule has 0 saturated carbocycles. The molecular weight excluding hydrogens is 387 g/mol. The molecule has 24 heavy (non-hydrogen) atoms. The van der Waals surface area contributed by atoms with E-state index in [0.717, 1.165) is 11.1 Å². The Hall–Kier alpha value is -1.53. The Labute approximate surface area is 154 Å². The zero-order valence-corrected chi connectivity index (χ0v) is 15.4. The Bertz CT molecular complexity index is 980. The number of sulfone groups is 1. The summed E-state index contributed by atoms with van der Waals surface area (Å²) in [6.45, 7) is 0. The Morgan fingerprint density at radius 2 is 1.75 bits per heavy atom. The van der Waals surface area contributed by atoms with Crippen LogP contribution in [0.2, 0.25) is 10.0 Å². The maximum atomic E-state index is 12.7. The summed E-state index contributed by atoms with van der Waals surface area (Å²) in [4.78, 5) is 0.434. The highest BCUT2D eigenvalue weighted by molar-refractivity contribution is 7.91. The van der Waals surface area contributed by atoms with E-state index in [1.807, 2.05) is 41.8 Å². The van der Waals surface area contributed by atoms with Gasteiger partial charge in [-0.05, 0) is 34.7 Å². The van der Waals surface area contributed by atoms with Crippen LogP contribution in [0.25, 0.3) is 11.1 Å². The summed E-state index contributed by atoms with van der Waals surface area (Å²) in [7, 11) is -3.80. The highest BCUT2D eigenvalue weighted by atomic mass is 35.5. The lowest BCUT2D eigenvalue weighted by molar-refractivity contribution is 0.459. The third-order valence-electron chi connectivity index (χ3n) is 3.48. The molecule has 1 heterocycles. The van der Waals surface area contributed by atoms with E-state index in [1.54, 1.807) is 0 Å². The summed E-state index contributed by atoms with van der Waals surface area (Å²) >= 11 is 13.1. The van der Waals surface area contributed by atoms with Crippen molar-refractivity contribution in [1.82, 2.24) is 0 Å². The van der Waals surface area contributed by atoms with E-state index < -0.39 is 15.6 Å². The molecule has 1 aromatic heterocycles. The first-order chi connectivity index (χ1) is 11.4. The normalized spacial score (nSPS) is 11.6. The Morgan fingerprint density at radius 3 is 2.46 bits per heavy atom. The van der Waals surface area contributed by atoms with E-state index in [9.17, 15) is 13.5 Å².